The Balaban J connectivity index is 3.23. The molecule has 0 aliphatic heterocycles. The van der Waals surface area contributed by atoms with E-state index in [0.29, 0.717) is 10.0 Å². The molecule has 0 radical (unpaired) electrons. The molecular formula is C9H7Cl2N. The molecule has 0 N–H and O–H groups in total. The highest BCUT2D eigenvalue weighted by molar-refractivity contribution is 6.35. The van der Waals surface area contributed by atoms with Crippen molar-refractivity contribution in [2.45, 2.75) is 12.8 Å². The summed E-state index contributed by atoms with van der Waals surface area (Å²) in [5.41, 5.74) is 0.774. The zero-order chi connectivity index (χ0) is 9.14. The van der Waals surface area contributed by atoms with E-state index in [-0.39, 0.29) is 5.92 Å². The monoisotopic (exact) mass is 199 g/mol. The van der Waals surface area contributed by atoms with E-state index >= 15 is 0 Å². The second-order valence-electron chi connectivity index (χ2n) is 2.41. The van der Waals surface area contributed by atoms with Gasteiger partial charge in [-0.3, -0.25) is 4.98 Å². The molecule has 0 aromatic carbocycles. The van der Waals surface area contributed by atoms with Crippen molar-refractivity contribution in [3.8, 4) is 12.3 Å². The lowest BCUT2D eigenvalue weighted by Crippen LogP contribution is -1.93. The first-order chi connectivity index (χ1) is 5.66. The van der Waals surface area contributed by atoms with Gasteiger partial charge in [0.1, 0.15) is 0 Å². The largest absolute Gasteiger partial charge is 0.262 e. The van der Waals surface area contributed by atoms with Crippen LogP contribution in [0.25, 0.3) is 0 Å². The molecule has 0 aliphatic carbocycles. The van der Waals surface area contributed by atoms with E-state index in [1.54, 1.807) is 0 Å². The van der Waals surface area contributed by atoms with Gasteiger partial charge < -0.3 is 0 Å². The average Bonchev–Trinajstić information content (AvgIpc) is 2.03. The lowest BCUT2D eigenvalue weighted by atomic mass is 10.0. The van der Waals surface area contributed by atoms with E-state index in [1.165, 1.54) is 12.4 Å². The van der Waals surface area contributed by atoms with Crippen LogP contribution in [-0.2, 0) is 0 Å². The summed E-state index contributed by atoms with van der Waals surface area (Å²) < 4.78 is 0. The van der Waals surface area contributed by atoms with E-state index in [1.807, 2.05) is 6.92 Å². The molecule has 0 aliphatic rings. The summed E-state index contributed by atoms with van der Waals surface area (Å²) in [6, 6.07) is 0. The van der Waals surface area contributed by atoms with Crippen molar-refractivity contribution in [2.75, 3.05) is 0 Å². The van der Waals surface area contributed by atoms with Gasteiger partial charge in [0, 0.05) is 23.9 Å². The maximum absolute atomic E-state index is 5.86. The third kappa shape index (κ3) is 1.72. The van der Waals surface area contributed by atoms with Gasteiger partial charge in [-0.25, -0.2) is 0 Å². The van der Waals surface area contributed by atoms with Crippen molar-refractivity contribution in [1.29, 1.82) is 0 Å². The Bertz CT molecular complexity index is 308. The smallest absolute Gasteiger partial charge is 0.0648 e. The van der Waals surface area contributed by atoms with Crippen LogP contribution in [0.4, 0.5) is 0 Å². The van der Waals surface area contributed by atoms with Crippen LogP contribution in [0.15, 0.2) is 12.4 Å². The summed E-state index contributed by atoms with van der Waals surface area (Å²) in [5, 5.41) is 1.04. The zero-order valence-electron chi connectivity index (χ0n) is 6.51. The van der Waals surface area contributed by atoms with E-state index in [0.717, 1.165) is 5.56 Å². The fourth-order valence-electron chi connectivity index (χ4n) is 0.918. The molecular weight excluding hydrogens is 193 g/mol. The van der Waals surface area contributed by atoms with Crippen LogP contribution in [0.3, 0.4) is 0 Å². The number of pyridine rings is 1. The fourth-order valence-corrected chi connectivity index (χ4v) is 1.61. The minimum Gasteiger partial charge on any atom is -0.262 e. The van der Waals surface area contributed by atoms with Crippen LogP contribution < -0.4 is 0 Å². The van der Waals surface area contributed by atoms with Crippen LogP contribution >= 0.6 is 23.2 Å². The second-order valence-corrected chi connectivity index (χ2v) is 3.22. The number of rotatable bonds is 1. The maximum atomic E-state index is 5.86. The highest BCUT2D eigenvalue weighted by Crippen LogP contribution is 2.29. The molecule has 1 rings (SSSR count). The summed E-state index contributed by atoms with van der Waals surface area (Å²) in [7, 11) is 0. The van der Waals surface area contributed by atoms with Gasteiger partial charge in [-0.2, -0.15) is 0 Å². The van der Waals surface area contributed by atoms with Crippen LogP contribution in [0, 0.1) is 12.3 Å². The first-order valence-corrected chi connectivity index (χ1v) is 4.17. The first-order valence-electron chi connectivity index (χ1n) is 3.42. The molecule has 1 nitrogen and oxygen atoms in total. The van der Waals surface area contributed by atoms with Crippen LogP contribution in [-0.4, -0.2) is 4.98 Å². The van der Waals surface area contributed by atoms with Crippen molar-refractivity contribution in [1.82, 2.24) is 4.98 Å². The first kappa shape index (κ1) is 9.38. The highest BCUT2D eigenvalue weighted by atomic mass is 35.5. The van der Waals surface area contributed by atoms with Crippen LogP contribution in [0.1, 0.15) is 18.4 Å². The third-order valence-electron chi connectivity index (χ3n) is 1.57. The Morgan fingerprint density at radius 3 is 2.33 bits per heavy atom. The quantitative estimate of drug-likeness (QED) is 0.634. The van der Waals surface area contributed by atoms with Gasteiger partial charge >= 0.3 is 0 Å². The lowest BCUT2D eigenvalue weighted by molar-refractivity contribution is 0.998. The van der Waals surface area contributed by atoms with Gasteiger partial charge in [-0.1, -0.05) is 29.1 Å². The Morgan fingerprint density at radius 2 is 1.92 bits per heavy atom. The molecule has 0 saturated heterocycles. The molecule has 0 saturated carbocycles. The molecule has 1 aromatic heterocycles. The summed E-state index contributed by atoms with van der Waals surface area (Å²) in [6.07, 6.45) is 8.33. The normalized spacial score (nSPS) is 12.2. The molecule has 0 spiro atoms. The predicted octanol–water partition coefficient (Wildman–Crippen LogP) is 3.13. The van der Waals surface area contributed by atoms with Crippen LogP contribution in [0.5, 0.6) is 0 Å². The fraction of sp³-hybridized carbons (Fsp3) is 0.222. The number of hydrogen-bond donors (Lipinski definition) is 0. The predicted molar refractivity (Wildman–Crippen MR) is 51.5 cm³/mol. The molecule has 3 heteroatoms. The Labute approximate surface area is 81.7 Å². The number of terminal acetylenes is 1. The van der Waals surface area contributed by atoms with E-state index in [2.05, 4.69) is 10.9 Å². The van der Waals surface area contributed by atoms with Crippen molar-refractivity contribution in [3.63, 3.8) is 0 Å². The maximum Gasteiger partial charge on any atom is 0.0648 e. The van der Waals surface area contributed by atoms with E-state index in [4.69, 9.17) is 29.6 Å². The molecule has 0 fully saturated rings. The number of hydrogen-bond acceptors (Lipinski definition) is 1. The van der Waals surface area contributed by atoms with Crippen LogP contribution in [0.2, 0.25) is 10.0 Å². The van der Waals surface area contributed by atoms with Gasteiger partial charge in [-0.05, 0) is 6.92 Å². The van der Waals surface area contributed by atoms with Crippen molar-refractivity contribution < 1.29 is 0 Å². The van der Waals surface area contributed by atoms with Gasteiger partial charge in [0.15, 0.2) is 0 Å². The van der Waals surface area contributed by atoms with Crippen molar-refractivity contribution in [3.05, 3.63) is 28.0 Å². The zero-order valence-corrected chi connectivity index (χ0v) is 8.02. The molecule has 1 atom stereocenters. The van der Waals surface area contributed by atoms with Crippen molar-refractivity contribution >= 4 is 23.2 Å². The van der Waals surface area contributed by atoms with E-state index in [9.17, 15) is 0 Å². The molecule has 0 amide bonds. The average molecular weight is 200 g/mol. The van der Waals surface area contributed by atoms with Gasteiger partial charge in [0.2, 0.25) is 0 Å². The molecule has 0 bridgehead atoms. The molecule has 62 valence electrons. The number of nitrogens with zero attached hydrogens (tertiary/aromatic N) is 1. The summed E-state index contributed by atoms with van der Waals surface area (Å²) >= 11 is 11.7. The van der Waals surface area contributed by atoms with Gasteiger partial charge in [0.05, 0.1) is 10.0 Å². The number of halogens is 2. The second kappa shape index (κ2) is 3.80. The number of aromatic nitrogens is 1. The topological polar surface area (TPSA) is 12.9 Å². The van der Waals surface area contributed by atoms with Crippen molar-refractivity contribution in [2.24, 2.45) is 0 Å². The Kier molecular flexibility index (Phi) is 2.97. The summed E-state index contributed by atoms with van der Waals surface area (Å²) in [5.74, 6) is 2.49. The molecule has 1 unspecified atom stereocenters. The Morgan fingerprint density at radius 1 is 1.42 bits per heavy atom. The van der Waals surface area contributed by atoms with E-state index < -0.39 is 0 Å². The lowest BCUT2D eigenvalue weighted by Gasteiger charge is -2.07. The standard InChI is InChI=1S/C9H7Cl2N/c1-3-6(2)9-7(10)4-12-5-8(9)11/h1,4-6H,2H3. The summed E-state index contributed by atoms with van der Waals surface area (Å²) in [4.78, 5) is 3.83. The summed E-state index contributed by atoms with van der Waals surface area (Å²) in [6.45, 7) is 1.87. The molecule has 1 aromatic rings. The van der Waals surface area contributed by atoms with Gasteiger partial charge in [0.25, 0.3) is 0 Å². The minimum absolute atomic E-state index is 0.0759. The molecule has 12 heavy (non-hydrogen) atoms. The highest BCUT2D eigenvalue weighted by Gasteiger charge is 2.11. The Hall–Kier alpha value is -0.710. The SMILES string of the molecule is C#CC(C)c1c(Cl)cncc1Cl. The molecule has 1 heterocycles. The minimum atomic E-state index is -0.0759. The third-order valence-corrected chi connectivity index (χ3v) is 2.18. The van der Waals surface area contributed by atoms with Gasteiger partial charge in [-0.15, -0.1) is 6.42 Å².